The Hall–Kier alpha value is -3.27. The predicted molar refractivity (Wildman–Crippen MR) is 146 cm³/mol. The minimum absolute atomic E-state index is 0.0123. The standard InChI is InChI=1S/C28H44N4O6/c1-19(2)12-10-8-6-5-7-9-11-13-25(36)32-26(21(4)33)28(38)31-23-18-22(34)16-17-29-24(35)15-14-20(3)30-27(23)37/h7,9,11,13-15,19-21,23,26,33H,5-6,8,10,12,16-18H2,1-4H3,(H,29,35)(H,30,37)(H,31,38)(H,32,36)/b9-7+,13-11+,15-14+/t20-,21+,23-,26-/m0/s1. The van der Waals surface area contributed by atoms with Gasteiger partial charge in [-0.15, -0.1) is 0 Å². The van der Waals surface area contributed by atoms with Crippen LogP contribution in [0.15, 0.2) is 36.5 Å². The summed E-state index contributed by atoms with van der Waals surface area (Å²) < 4.78 is 0. The topological polar surface area (TPSA) is 154 Å². The van der Waals surface area contributed by atoms with E-state index in [-0.39, 0.29) is 31.1 Å². The van der Waals surface area contributed by atoms with E-state index in [1.165, 1.54) is 38.0 Å². The number of unbranched alkanes of at least 4 members (excludes halogenated alkanes) is 3. The van der Waals surface area contributed by atoms with Gasteiger partial charge in [0, 0.05) is 37.6 Å². The van der Waals surface area contributed by atoms with Crippen molar-refractivity contribution in [2.75, 3.05) is 6.54 Å². The second-order valence-corrected chi connectivity index (χ2v) is 10.0. The van der Waals surface area contributed by atoms with Crippen LogP contribution < -0.4 is 21.3 Å². The zero-order chi connectivity index (χ0) is 28.5. The maximum atomic E-state index is 12.9. The SMILES string of the molecule is CC(C)CCCCC/C=C/C=C/C(=O)N[C@H](C(=O)N[C@H]1CC(=O)CCNC(=O)/C=C/[C@H](C)NC1=O)[C@@H](C)O. The molecule has 212 valence electrons. The largest absolute Gasteiger partial charge is 0.391 e. The molecule has 1 rings (SSSR count). The van der Waals surface area contributed by atoms with E-state index in [0.717, 1.165) is 19.3 Å². The molecule has 0 fully saturated rings. The first-order valence-electron chi connectivity index (χ1n) is 13.4. The number of ketones is 1. The molecule has 0 unspecified atom stereocenters. The molecule has 1 aliphatic heterocycles. The summed E-state index contributed by atoms with van der Waals surface area (Å²) in [5.41, 5.74) is 0. The summed E-state index contributed by atoms with van der Waals surface area (Å²) in [6.45, 7) is 7.51. The molecular formula is C28H44N4O6. The first-order chi connectivity index (χ1) is 18.0. The van der Waals surface area contributed by atoms with Gasteiger partial charge in [0.1, 0.15) is 17.9 Å². The van der Waals surface area contributed by atoms with E-state index in [0.29, 0.717) is 5.92 Å². The predicted octanol–water partition coefficient (Wildman–Crippen LogP) is 1.60. The molecule has 0 aromatic rings. The third-order valence-electron chi connectivity index (χ3n) is 5.88. The summed E-state index contributed by atoms with van der Waals surface area (Å²) in [7, 11) is 0. The Bertz CT molecular complexity index is 894. The number of aliphatic hydroxyl groups is 1. The van der Waals surface area contributed by atoms with Crippen molar-refractivity contribution >= 4 is 29.4 Å². The average Bonchev–Trinajstić information content (AvgIpc) is 2.83. The van der Waals surface area contributed by atoms with E-state index in [1.807, 2.05) is 6.08 Å². The third kappa shape index (κ3) is 14.5. The van der Waals surface area contributed by atoms with Crippen LogP contribution in [-0.4, -0.2) is 65.3 Å². The fourth-order valence-corrected chi connectivity index (χ4v) is 3.71. The summed E-state index contributed by atoms with van der Waals surface area (Å²) in [6, 6.07) is -3.08. The summed E-state index contributed by atoms with van der Waals surface area (Å²) in [4.78, 5) is 62.0. The molecule has 0 aromatic carbocycles. The van der Waals surface area contributed by atoms with Crippen LogP contribution in [0.5, 0.6) is 0 Å². The van der Waals surface area contributed by atoms with Gasteiger partial charge in [0.2, 0.25) is 23.6 Å². The molecule has 0 aromatic heterocycles. The zero-order valence-corrected chi connectivity index (χ0v) is 23.0. The van der Waals surface area contributed by atoms with Gasteiger partial charge in [-0.25, -0.2) is 0 Å². The molecule has 5 N–H and O–H groups in total. The van der Waals surface area contributed by atoms with Gasteiger partial charge < -0.3 is 26.4 Å². The number of aliphatic hydroxyl groups excluding tert-OH is 1. The lowest BCUT2D eigenvalue weighted by Crippen LogP contribution is -2.57. The highest BCUT2D eigenvalue weighted by atomic mass is 16.3. The summed E-state index contributed by atoms with van der Waals surface area (Å²) >= 11 is 0. The van der Waals surface area contributed by atoms with E-state index < -0.39 is 42.0 Å². The Morgan fingerprint density at radius 1 is 1.13 bits per heavy atom. The van der Waals surface area contributed by atoms with Gasteiger partial charge in [-0.1, -0.05) is 57.4 Å². The Labute approximate surface area is 225 Å². The van der Waals surface area contributed by atoms with Crippen molar-refractivity contribution in [3.63, 3.8) is 0 Å². The summed E-state index contributed by atoms with van der Waals surface area (Å²) in [6.07, 6.45) is 13.3. The Morgan fingerprint density at radius 2 is 1.87 bits per heavy atom. The van der Waals surface area contributed by atoms with Crippen molar-refractivity contribution in [2.45, 2.75) is 96.9 Å². The van der Waals surface area contributed by atoms with Crippen LogP contribution in [0.25, 0.3) is 0 Å². The van der Waals surface area contributed by atoms with Crippen molar-refractivity contribution < 1.29 is 29.1 Å². The maximum absolute atomic E-state index is 12.9. The lowest BCUT2D eigenvalue weighted by molar-refractivity contribution is -0.134. The average molecular weight is 533 g/mol. The third-order valence-corrected chi connectivity index (χ3v) is 5.88. The van der Waals surface area contributed by atoms with Crippen molar-refractivity contribution in [1.29, 1.82) is 0 Å². The number of Topliss-reactive ketones (excluding diaryl/α,β-unsaturated/α-hetero) is 1. The summed E-state index contributed by atoms with van der Waals surface area (Å²) in [5.74, 6) is -1.99. The quantitative estimate of drug-likeness (QED) is 0.146. The van der Waals surface area contributed by atoms with Crippen LogP contribution in [0.1, 0.15) is 72.6 Å². The molecule has 4 atom stereocenters. The van der Waals surface area contributed by atoms with Crippen LogP contribution in [-0.2, 0) is 24.0 Å². The van der Waals surface area contributed by atoms with Crippen molar-refractivity contribution in [2.24, 2.45) is 5.92 Å². The monoisotopic (exact) mass is 532 g/mol. The number of carbonyl (C=O) groups is 5. The van der Waals surface area contributed by atoms with E-state index in [9.17, 15) is 29.1 Å². The normalized spacial score (nSPS) is 21.8. The molecule has 38 heavy (non-hydrogen) atoms. The van der Waals surface area contributed by atoms with Crippen LogP contribution in [0.3, 0.4) is 0 Å². The van der Waals surface area contributed by atoms with Crippen LogP contribution in [0.4, 0.5) is 0 Å². The molecule has 1 heterocycles. The van der Waals surface area contributed by atoms with Gasteiger partial charge >= 0.3 is 0 Å². The van der Waals surface area contributed by atoms with E-state index in [2.05, 4.69) is 35.1 Å². The van der Waals surface area contributed by atoms with Gasteiger partial charge in [-0.2, -0.15) is 0 Å². The minimum atomic E-state index is -1.34. The van der Waals surface area contributed by atoms with E-state index in [1.54, 1.807) is 19.1 Å². The lowest BCUT2D eigenvalue weighted by Gasteiger charge is -2.25. The molecular weight excluding hydrogens is 488 g/mol. The number of nitrogens with one attached hydrogen (secondary N) is 4. The second-order valence-electron chi connectivity index (χ2n) is 10.0. The fraction of sp³-hybridized carbons (Fsp3) is 0.607. The molecule has 0 saturated carbocycles. The van der Waals surface area contributed by atoms with Crippen LogP contribution in [0.2, 0.25) is 0 Å². The number of hydrogen-bond donors (Lipinski definition) is 5. The van der Waals surface area contributed by atoms with Gasteiger partial charge in [0.25, 0.3) is 0 Å². The Kier molecular flexibility index (Phi) is 15.6. The molecule has 4 amide bonds. The van der Waals surface area contributed by atoms with Gasteiger partial charge in [-0.3, -0.25) is 24.0 Å². The van der Waals surface area contributed by atoms with Gasteiger partial charge in [-0.05, 0) is 32.6 Å². The molecule has 10 nitrogen and oxygen atoms in total. The molecule has 10 heteroatoms. The highest BCUT2D eigenvalue weighted by Gasteiger charge is 2.31. The van der Waals surface area contributed by atoms with Crippen molar-refractivity contribution in [1.82, 2.24) is 21.3 Å². The van der Waals surface area contributed by atoms with Crippen LogP contribution >= 0.6 is 0 Å². The number of amides is 4. The fourth-order valence-electron chi connectivity index (χ4n) is 3.71. The lowest BCUT2D eigenvalue weighted by atomic mass is 10.0. The smallest absolute Gasteiger partial charge is 0.245 e. The Balaban J connectivity index is 2.71. The first-order valence-corrected chi connectivity index (χ1v) is 13.4. The Morgan fingerprint density at radius 3 is 2.55 bits per heavy atom. The highest BCUT2D eigenvalue weighted by Crippen LogP contribution is 2.09. The molecule has 0 bridgehead atoms. The van der Waals surface area contributed by atoms with Crippen molar-refractivity contribution in [3.05, 3.63) is 36.5 Å². The molecule has 0 radical (unpaired) electrons. The molecule has 0 spiro atoms. The molecule has 0 aliphatic carbocycles. The van der Waals surface area contributed by atoms with Gasteiger partial charge in [0.05, 0.1) is 6.10 Å². The molecule has 0 saturated heterocycles. The number of carbonyl (C=O) groups excluding carboxylic acids is 5. The van der Waals surface area contributed by atoms with E-state index >= 15 is 0 Å². The minimum Gasteiger partial charge on any atom is -0.391 e. The van der Waals surface area contributed by atoms with Gasteiger partial charge in [0.15, 0.2) is 0 Å². The van der Waals surface area contributed by atoms with Crippen molar-refractivity contribution in [3.8, 4) is 0 Å². The molecule has 1 aliphatic rings. The zero-order valence-electron chi connectivity index (χ0n) is 23.0. The first kappa shape index (κ1) is 32.8. The highest BCUT2D eigenvalue weighted by molar-refractivity contribution is 5.97. The number of rotatable bonds is 12. The van der Waals surface area contributed by atoms with Crippen LogP contribution in [0, 0.1) is 5.92 Å². The number of hydrogen-bond acceptors (Lipinski definition) is 6. The van der Waals surface area contributed by atoms with E-state index in [4.69, 9.17) is 0 Å². The summed E-state index contributed by atoms with van der Waals surface area (Å²) in [5, 5.41) is 20.2. The number of allylic oxidation sites excluding steroid dienone is 3. The maximum Gasteiger partial charge on any atom is 0.245 e. The second kappa shape index (κ2) is 18.1.